The van der Waals surface area contributed by atoms with Crippen molar-refractivity contribution in [3.05, 3.63) is 30.3 Å². The van der Waals surface area contributed by atoms with Gasteiger partial charge in [-0.1, -0.05) is 25.1 Å². The number of ether oxygens (including phenoxy) is 2. The molecular formula is C20H28N2O5S. The van der Waals surface area contributed by atoms with Crippen LogP contribution in [0.5, 0.6) is 5.75 Å². The lowest BCUT2D eigenvalue weighted by molar-refractivity contribution is -0.149. The average molecular weight is 409 g/mol. The second kappa shape index (κ2) is 9.82. The van der Waals surface area contributed by atoms with Crippen molar-refractivity contribution < 1.29 is 23.9 Å². The molecule has 3 rings (SSSR count). The highest BCUT2D eigenvalue weighted by atomic mass is 32.2. The molecule has 1 aromatic rings. The molecule has 0 spiro atoms. The monoisotopic (exact) mass is 408 g/mol. The highest BCUT2D eigenvalue weighted by Gasteiger charge is 2.56. The second-order valence-corrected chi connectivity index (χ2v) is 9.08. The van der Waals surface area contributed by atoms with Crippen molar-refractivity contribution in [2.75, 3.05) is 13.2 Å². The summed E-state index contributed by atoms with van der Waals surface area (Å²) in [7, 11) is 0. The van der Waals surface area contributed by atoms with E-state index in [1.807, 2.05) is 30.0 Å². The second-order valence-electron chi connectivity index (χ2n) is 7.26. The Labute approximate surface area is 170 Å². The van der Waals surface area contributed by atoms with Gasteiger partial charge < -0.3 is 19.7 Å². The first-order chi connectivity index (χ1) is 13.3. The quantitative estimate of drug-likeness (QED) is 0.423. The summed E-state index contributed by atoms with van der Waals surface area (Å²) in [6, 6.07) is 8.76. The summed E-state index contributed by atoms with van der Waals surface area (Å²) in [6.45, 7) is 9.61. The molecule has 1 N–H and O–H groups in total. The summed E-state index contributed by atoms with van der Waals surface area (Å²) in [5.41, 5.74) is 0. The molecule has 7 nitrogen and oxygen atoms in total. The van der Waals surface area contributed by atoms with Gasteiger partial charge in [0.1, 0.15) is 17.2 Å². The van der Waals surface area contributed by atoms with E-state index in [4.69, 9.17) is 4.74 Å². The van der Waals surface area contributed by atoms with Gasteiger partial charge in [0, 0.05) is 11.3 Å². The molecule has 1 aromatic carbocycles. The van der Waals surface area contributed by atoms with Crippen LogP contribution in [0.25, 0.3) is 0 Å². The minimum Gasteiger partial charge on any atom is -0.481 e. The SMILES string of the molecule is CC(Oc1ccccc1)C(=O)NC1C(=O)N2CC(C)(C)SC12.CCCOC=O. The van der Waals surface area contributed by atoms with Gasteiger partial charge in [-0.05, 0) is 39.3 Å². The maximum absolute atomic E-state index is 12.2. The van der Waals surface area contributed by atoms with Crippen molar-refractivity contribution in [1.82, 2.24) is 10.2 Å². The number of β-lactam (4-membered cyclic amide) rings is 1. The van der Waals surface area contributed by atoms with Crippen molar-refractivity contribution >= 4 is 30.0 Å². The van der Waals surface area contributed by atoms with E-state index in [1.165, 1.54) is 0 Å². The van der Waals surface area contributed by atoms with Crippen LogP contribution in [0, 0.1) is 0 Å². The summed E-state index contributed by atoms with van der Waals surface area (Å²) in [5, 5.41) is 2.87. The number of para-hydroxylation sites is 1. The Morgan fingerprint density at radius 1 is 1.39 bits per heavy atom. The normalized spacial score (nSPS) is 22.7. The minimum absolute atomic E-state index is 0.00309. The summed E-state index contributed by atoms with van der Waals surface area (Å²) >= 11 is 1.74. The number of rotatable bonds is 7. The number of hydrogen-bond donors (Lipinski definition) is 1. The average Bonchev–Trinajstić information content (AvgIpc) is 2.97. The lowest BCUT2D eigenvalue weighted by atomic mass is 10.0. The lowest BCUT2D eigenvalue weighted by Crippen LogP contribution is -2.68. The number of benzene rings is 1. The van der Waals surface area contributed by atoms with E-state index < -0.39 is 12.1 Å². The fourth-order valence-electron chi connectivity index (χ4n) is 2.92. The Morgan fingerprint density at radius 2 is 2.07 bits per heavy atom. The molecule has 28 heavy (non-hydrogen) atoms. The van der Waals surface area contributed by atoms with Gasteiger partial charge in [-0.2, -0.15) is 0 Å². The van der Waals surface area contributed by atoms with Crippen molar-refractivity contribution in [3.63, 3.8) is 0 Å². The first-order valence-electron chi connectivity index (χ1n) is 9.34. The van der Waals surface area contributed by atoms with E-state index in [2.05, 4.69) is 23.9 Å². The van der Waals surface area contributed by atoms with E-state index in [0.29, 0.717) is 18.8 Å². The van der Waals surface area contributed by atoms with Gasteiger partial charge in [0.05, 0.1) is 6.61 Å². The smallest absolute Gasteiger partial charge is 0.293 e. The van der Waals surface area contributed by atoms with Crippen LogP contribution in [0.1, 0.15) is 34.1 Å². The predicted molar refractivity (Wildman–Crippen MR) is 108 cm³/mol. The molecule has 3 atom stereocenters. The van der Waals surface area contributed by atoms with Crippen molar-refractivity contribution in [2.24, 2.45) is 0 Å². The molecule has 8 heteroatoms. The number of amides is 2. The summed E-state index contributed by atoms with van der Waals surface area (Å²) < 4.78 is 9.94. The Bertz CT molecular complexity index is 682. The van der Waals surface area contributed by atoms with Crippen molar-refractivity contribution in [2.45, 2.75) is 56.4 Å². The topological polar surface area (TPSA) is 84.9 Å². The van der Waals surface area contributed by atoms with Crippen LogP contribution in [0.4, 0.5) is 0 Å². The van der Waals surface area contributed by atoms with Crippen LogP contribution in [-0.2, 0) is 19.1 Å². The summed E-state index contributed by atoms with van der Waals surface area (Å²) in [6.07, 6.45) is 0.266. The number of thioether (sulfide) groups is 1. The standard InChI is InChI=1S/C16H20N2O3S.C4H8O2/c1-10(21-11-7-5-4-6-8-11)13(19)17-12-14(20)18-9-16(2,3)22-15(12)18;1-2-3-6-4-5/h4-8,10,12,15H,9H2,1-3H3,(H,17,19);4H,2-3H2,1H3. The van der Waals surface area contributed by atoms with E-state index in [1.54, 1.807) is 30.8 Å². The molecule has 0 aromatic heterocycles. The highest BCUT2D eigenvalue weighted by molar-refractivity contribution is 8.01. The molecule has 0 aliphatic carbocycles. The molecule has 154 valence electrons. The van der Waals surface area contributed by atoms with Gasteiger partial charge in [0.2, 0.25) is 5.91 Å². The van der Waals surface area contributed by atoms with Crippen LogP contribution in [0.15, 0.2) is 30.3 Å². The number of hydrogen-bond acceptors (Lipinski definition) is 6. The molecule has 2 fully saturated rings. The highest BCUT2D eigenvalue weighted by Crippen LogP contribution is 2.46. The predicted octanol–water partition coefficient (Wildman–Crippen LogP) is 2.20. The fraction of sp³-hybridized carbons (Fsp3) is 0.550. The van der Waals surface area contributed by atoms with Crippen LogP contribution in [0.3, 0.4) is 0 Å². The van der Waals surface area contributed by atoms with Crippen molar-refractivity contribution in [1.29, 1.82) is 0 Å². The third-order valence-corrected chi connectivity index (χ3v) is 5.78. The zero-order valence-electron chi connectivity index (χ0n) is 16.7. The number of carbonyl (C=O) groups is 3. The number of carbonyl (C=O) groups excluding carboxylic acids is 3. The number of nitrogens with one attached hydrogen (secondary N) is 1. The zero-order chi connectivity index (χ0) is 20.7. The molecule has 2 amide bonds. The number of nitrogens with zero attached hydrogens (tertiary/aromatic N) is 1. The van der Waals surface area contributed by atoms with Gasteiger partial charge in [-0.25, -0.2) is 0 Å². The van der Waals surface area contributed by atoms with Crippen LogP contribution in [0.2, 0.25) is 0 Å². The van der Waals surface area contributed by atoms with Crippen molar-refractivity contribution in [3.8, 4) is 5.75 Å². The third-order valence-electron chi connectivity index (χ3n) is 4.25. The molecular weight excluding hydrogens is 380 g/mol. The van der Waals surface area contributed by atoms with E-state index in [0.717, 1.165) is 13.0 Å². The molecule has 2 saturated heterocycles. The molecule has 0 bridgehead atoms. The van der Waals surface area contributed by atoms with Gasteiger partial charge in [-0.3, -0.25) is 14.4 Å². The van der Waals surface area contributed by atoms with E-state index >= 15 is 0 Å². The molecule has 0 radical (unpaired) electrons. The van der Waals surface area contributed by atoms with Crippen LogP contribution < -0.4 is 10.1 Å². The third kappa shape index (κ3) is 5.64. The lowest BCUT2D eigenvalue weighted by Gasteiger charge is -2.41. The van der Waals surface area contributed by atoms with Crippen LogP contribution >= 0.6 is 11.8 Å². The summed E-state index contributed by atoms with van der Waals surface area (Å²) in [4.78, 5) is 35.5. The molecule has 0 saturated carbocycles. The first kappa shape index (κ1) is 22.1. The van der Waals surface area contributed by atoms with E-state index in [9.17, 15) is 14.4 Å². The Balaban J connectivity index is 0.000000409. The van der Waals surface area contributed by atoms with Gasteiger partial charge >= 0.3 is 0 Å². The van der Waals surface area contributed by atoms with Gasteiger partial charge in [-0.15, -0.1) is 11.8 Å². The van der Waals surface area contributed by atoms with Gasteiger partial charge in [0.25, 0.3) is 12.4 Å². The molecule has 2 heterocycles. The number of fused-ring (bicyclic) bond motifs is 1. The van der Waals surface area contributed by atoms with Crippen LogP contribution in [-0.4, -0.2) is 58.6 Å². The Hall–Kier alpha value is -2.22. The van der Waals surface area contributed by atoms with Gasteiger partial charge in [0.15, 0.2) is 6.10 Å². The molecule has 2 aliphatic rings. The Kier molecular flexibility index (Phi) is 7.74. The molecule has 2 aliphatic heterocycles. The summed E-state index contributed by atoms with van der Waals surface area (Å²) in [5.74, 6) is 0.388. The fourth-order valence-corrected chi connectivity index (χ4v) is 4.42. The maximum atomic E-state index is 12.2. The maximum Gasteiger partial charge on any atom is 0.293 e. The zero-order valence-corrected chi connectivity index (χ0v) is 17.5. The van der Waals surface area contributed by atoms with E-state index in [-0.39, 0.29) is 21.9 Å². The minimum atomic E-state index is -0.635. The molecule has 3 unspecified atom stereocenters. The Morgan fingerprint density at radius 3 is 2.64 bits per heavy atom. The largest absolute Gasteiger partial charge is 0.481 e. The first-order valence-corrected chi connectivity index (χ1v) is 10.2.